The largest absolute Gasteiger partial charge is 0.308 e. The van der Waals surface area contributed by atoms with E-state index in [-0.39, 0.29) is 0 Å². The summed E-state index contributed by atoms with van der Waals surface area (Å²) < 4.78 is 16.4. The van der Waals surface area contributed by atoms with Gasteiger partial charge in [-0.25, -0.2) is 0 Å². The maximum Gasteiger partial charge on any atom is 0.176 e. The van der Waals surface area contributed by atoms with E-state index in [1.54, 1.807) is 0 Å². The molecule has 0 atom stereocenters. The summed E-state index contributed by atoms with van der Waals surface area (Å²) in [6.07, 6.45) is 4.38. The number of unbranched alkanes of at least 4 members (excludes halogenated alkanes) is 1. The fourth-order valence-electron chi connectivity index (χ4n) is 2.71. The Morgan fingerprint density at radius 1 is 0.917 bits per heavy atom. The Kier molecular flexibility index (Phi) is 8.52. The normalized spacial score (nSPS) is 12.8. The summed E-state index contributed by atoms with van der Waals surface area (Å²) in [4.78, 5) is 0. The van der Waals surface area contributed by atoms with Gasteiger partial charge in [-0.3, -0.25) is 0 Å². The lowest BCUT2D eigenvalue weighted by atomic mass is 10.1. The predicted octanol–water partition coefficient (Wildman–Crippen LogP) is 6.66. The van der Waals surface area contributed by atoms with Gasteiger partial charge in [-0.05, 0) is 41.9 Å². The first-order valence-electron chi connectivity index (χ1n) is 8.30. The van der Waals surface area contributed by atoms with Crippen molar-refractivity contribution >= 4 is 62.9 Å². The van der Waals surface area contributed by atoms with Gasteiger partial charge in [0.05, 0.1) is 3.32 Å². The van der Waals surface area contributed by atoms with Crippen LogP contribution in [0.5, 0.6) is 0 Å². The highest BCUT2D eigenvalue weighted by Crippen LogP contribution is 2.57. The molecule has 0 unspecified atom stereocenters. The number of benzene rings is 2. The van der Waals surface area contributed by atoms with Gasteiger partial charge in [0.2, 0.25) is 0 Å². The lowest BCUT2D eigenvalue weighted by molar-refractivity contribution is 0.591. The molecule has 2 rings (SSSR count). The summed E-state index contributed by atoms with van der Waals surface area (Å²) in [7, 11) is -2.78. The summed E-state index contributed by atoms with van der Waals surface area (Å²) in [6.45, 7) is 2.21. The smallest absolute Gasteiger partial charge is 0.176 e. The van der Waals surface area contributed by atoms with E-state index in [9.17, 15) is 4.57 Å². The molecule has 0 aromatic heterocycles. The van der Waals surface area contributed by atoms with Crippen molar-refractivity contribution in [3.8, 4) is 0 Å². The van der Waals surface area contributed by atoms with Gasteiger partial charge in [0.25, 0.3) is 0 Å². The molecular formula is C20H23I2OP. The summed E-state index contributed by atoms with van der Waals surface area (Å²) in [5.74, 6) is 0. The molecule has 0 heterocycles. The van der Waals surface area contributed by atoms with E-state index in [4.69, 9.17) is 0 Å². The third kappa shape index (κ3) is 4.73. The van der Waals surface area contributed by atoms with Gasteiger partial charge in [0.15, 0.2) is 7.14 Å². The number of rotatable bonds is 8. The van der Waals surface area contributed by atoms with Crippen LogP contribution in [0.25, 0.3) is 0 Å². The third-order valence-corrected chi connectivity index (χ3v) is 10.3. The van der Waals surface area contributed by atoms with Crippen molar-refractivity contribution in [1.82, 2.24) is 0 Å². The predicted molar refractivity (Wildman–Crippen MR) is 124 cm³/mol. The number of hydrogen-bond donors (Lipinski definition) is 0. The fraction of sp³-hybridized carbons (Fsp3) is 0.300. The van der Waals surface area contributed by atoms with E-state index in [1.807, 2.05) is 60.7 Å². The second-order valence-corrected chi connectivity index (χ2v) is 11.4. The lowest BCUT2D eigenvalue weighted by Crippen LogP contribution is -2.16. The number of allylic oxidation sites excluding steroid dienone is 1. The quantitative estimate of drug-likeness (QED) is 0.199. The summed E-state index contributed by atoms with van der Waals surface area (Å²) in [6, 6.07) is 19.9. The molecule has 24 heavy (non-hydrogen) atoms. The molecule has 4 heteroatoms. The molecule has 0 fully saturated rings. The van der Waals surface area contributed by atoms with Crippen LogP contribution in [0.4, 0.5) is 0 Å². The second kappa shape index (κ2) is 10.1. The van der Waals surface area contributed by atoms with Crippen LogP contribution in [0, 0.1) is 0 Å². The standard InChI is InChI=1S/C20H23I2OP/c1-2-3-10-17(15-16-21)20(22)24(23,18-11-6-4-7-12-18)19-13-8-5-9-14-19/h4-9,11-14H,2-3,10,15-16H2,1H3/b20-17-. The molecule has 0 radical (unpaired) electrons. The van der Waals surface area contributed by atoms with Crippen molar-refractivity contribution < 1.29 is 4.57 Å². The Bertz CT molecular complexity index is 667. The van der Waals surface area contributed by atoms with Crippen molar-refractivity contribution in [2.75, 3.05) is 4.43 Å². The topological polar surface area (TPSA) is 17.1 Å². The Hall–Kier alpha value is -0.130. The Morgan fingerprint density at radius 2 is 1.42 bits per heavy atom. The molecule has 0 N–H and O–H groups in total. The number of halogens is 2. The van der Waals surface area contributed by atoms with Crippen LogP contribution in [0.15, 0.2) is 69.6 Å². The van der Waals surface area contributed by atoms with Gasteiger partial charge in [0.1, 0.15) is 0 Å². The Labute approximate surface area is 173 Å². The van der Waals surface area contributed by atoms with Gasteiger partial charge >= 0.3 is 0 Å². The average Bonchev–Trinajstić information content (AvgIpc) is 2.65. The zero-order valence-electron chi connectivity index (χ0n) is 13.9. The number of hydrogen-bond acceptors (Lipinski definition) is 1. The van der Waals surface area contributed by atoms with E-state index >= 15 is 0 Å². The third-order valence-electron chi connectivity index (χ3n) is 4.04. The molecule has 1 nitrogen and oxygen atoms in total. The first-order chi connectivity index (χ1) is 11.6. The monoisotopic (exact) mass is 564 g/mol. The summed E-state index contributed by atoms with van der Waals surface area (Å²) in [5.41, 5.74) is 1.36. The average molecular weight is 564 g/mol. The molecule has 0 aliphatic rings. The molecule has 0 saturated carbocycles. The molecule has 2 aromatic rings. The molecule has 2 aromatic carbocycles. The first kappa shape index (κ1) is 20.2. The van der Waals surface area contributed by atoms with Crippen LogP contribution in [0.3, 0.4) is 0 Å². The molecule has 0 aliphatic heterocycles. The Balaban J connectivity index is 2.63. The Morgan fingerprint density at radius 3 is 1.83 bits per heavy atom. The van der Waals surface area contributed by atoms with Crippen molar-refractivity contribution in [1.29, 1.82) is 0 Å². The molecule has 0 saturated heterocycles. The van der Waals surface area contributed by atoms with E-state index in [0.29, 0.717) is 0 Å². The molecular weight excluding hydrogens is 541 g/mol. The highest BCUT2D eigenvalue weighted by molar-refractivity contribution is 14.1. The van der Waals surface area contributed by atoms with E-state index < -0.39 is 7.14 Å². The molecule has 128 valence electrons. The number of alkyl halides is 1. The van der Waals surface area contributed by atoms with E-state index in [0.717, 1.165) is 44.0 Å². The van der Waals surface area contributed by atoms with Gasteiger partial charge in [0, 0.05) is 15.0 Å². The summed E-state index contributed by atoms with van der Waals surface area (Å²) >= 11 is 4.78. The fourth-order valence-corrected chi connectivity index (χ4v) is 8.18. The first-order valence-corrected chi connectivity index (χ1v) is 12.6. The van der Waals surface area contributed by atoms with Gasteiger partial charge in [-0.2, -0.15) is 0 Å². The molecule has 0 amide bonds. The van der Waals surface area contributed by atoms with Crippen LogP contribution >= 0.6 is 52.3 Å². The molecule has 0 bridgehead atoms. The van der Waals surface area contributed by atoms with Crippen LogP contribution < -0.4 is 10.6 Å². The highest BCUT2D eigenvalue weighted by Gasteiger charge is 2.32. The maximum absolute atomic E-state index is 14.3. The van der Waals surface area contributed by atoms with Crippen molar-refractivity contribution in [2.45, 2.75) is 32.6 Å². The van der Waals surface area contributed by atoms with Crippen LogP contribution in [0.2, 0.25) is 0 Å². The maximum atomic E-state index is 14.3. The van der Waals surface area contributed by atoms with E-state index in [1.165, 1.54) is 5.57 Å². The van der Waals surface area contributed by atoms with Crippen LogP contribution in [-0.4, -0.2) is 4.43 Å². The second-order valence-electron chi connectivity index (χ2n) is 5.72. The van der Waals surface area contributed by atoms with Crippen LogP contribution in [-0.2, 0) is 4.57 Å². The van der Waals surface area contributed by atoms with Gasteiger partial charge in [-0.15, -0.1) is 0 Å². The minimum Gasteiger partial charge on any atom is -0.308 e. The van der Waals surface area contributed by atoms with Crippen LogP contribution in [0.1, 0.15) is 32.6 Å². The van der Waals surface area contributed by atoms with Gasteiger partial charge < -0.3 is 4.57 Å². The summed E-state index contributed by atoms with van der Waals surface area (Å²) in [5, 5.41) is 1.87. The zero-order valence-corrected chi connectivity index (χ0v) is 19.1. The molecule has 0 aliphatic carbocycles. The zero-order chi connectivity index (χ0) is 17.4. The minimum atomic E-state index is -2.78. The van der Waals surface area contributed by atoms with Crippen molar-refractivity contribution in [3.05, 3.63) is 69.6 Å². The van der Waals surface area contributed by atoms with Crippen molar-refractivity contribution in [2.24, 2.45) is 0 Å². The highest BCUT2D eigenvalue weighted by atomic mass is 127. The lowest BCUT2D eigenvalue weighted by Gasteiger charge is -2.22. The van der Waals surface area contributed by atoms with E-state index in [2.05, 4.69) is 52.1 Å². The molecule has 0 spiro atoms. The minimum absolute atomic E-state index is 0.933. The van der Waals surface area contributed by atoms with Gasteiger partial charge in [-0.1, -0.05) is 102 Å². The SMILES string of the molecule is CCCC/C(CCI)=C(\I)P(=O)(c1ccccc1)c1ccccc1. The van der Waals surface area contributed by atoms with Crippen molar-refractivity contribution in [3.63, 3.8) is 0 Å².